The molecule has 3 heteroatoms. The van der Waals surface area contributed by atoms with E-state index >= 15 is 0 Å². The van der Waals surface area contributed by atoms with Crippen LogP contribution >= 0.6 is 12.4 Å². The van der Waals surface area contributed by atoms with Crippen LogP contribution < -0.4 is 5.32 Å². The number of hydrogen-bond donors (Lipinski definition) is 2. The zero-order valence-electron chi connectivity index (χ0n) is 6.98. The first-order valence-electron chi connectivity index (χ1n) is 3.42. The van der Waals surface area contributed by atoms with Crippen LogP contribution in [0, 0.1) is 0 Å². The van der Waals surface area contributed by atoms with Gasteiger partial charge in [-0.05, 0) is 33.7 Å². The van der Waals surface area contributed by atoms with Crippen LogP contribution in [0.5, 0.6) is 0 Å². The molecular weight excluding hydrogens is 150 g/mol. The summed E-state index contributed by atoms with van der Waals surface area (Å²) in [6.45, 7) is 7.53. The Labute approximate surface area is 69.4 Å². The highest BCUT2D eigenvalue weighted by atomic mass is 35.5. The van der Waals surface area contributed by atoms with Gasteiger partial charge >= 0.3 is 0 Å². The predicted molar refractivity (Wildman–Crippen MR) is 46.7 cm³/mol. The van der Waals surface area contributed by atoms with Crippen molar-refractivity contribution in [2.24, 2.45) is 0 Å². The van der Waals surface area contributed by atoms with E-state index in [9.17, 15) is 0 Å². The van der Waals surface area contributed by atoms with E-state index < -0.39 is 0 Å². The third-order valence-corrected chi connectivity index (χ3v) is 0.990. The van der Waals surface area contributed by atoms with E-state index in [0.717, 1.165) is 13.0 Å². The van der Waals surface area contributed by atoms with Gasteiger partial charge in [-0.25, -0.2) is 0 Å². The molecule has 2 N–H and O–H groups in total. The molecule has 0 saturated heterocycles. The van der Waals surface area contributed by atoms with Crippen molar-refractivity contribution in [2.45, 2.75) is 32.7 Å². The first-order valence-corrected chi connectivity index (χ1v) is 3.42. The molecule has 64 valence electrons. The highest BCUT2D eigenvalue weighted by Gasteiger charge is 2.06. The minimum Gasteiger partial charge on any atom is -0.396 e. The minimum atomic E-state index is 0. The van der Waals surface area contributed by atoms with E-state index in [1.165, 1.54) is 0 Å². The molecule has 2 nitrogen and oxygen atoms in total. The molecule has 0 bridgehead atoms. The summed E-state index contributed by atoms with van der Waals surface area (Å²) < 4.78 is 0. The van der Waals surface area contributed by atoms with Crippen molar-refractivity contribution < 1.29 is 5.11 Å². The van der Waals surface area contributed by atoms with Gasteiger partial charge in [-0.2, -0.15) is 0 Å². The van der Waals surface area contributed by atoms with E-state index in [-0.39, 0.29) is 24.6 Å². The summed E-state index contributed by atoms with van der Waals surface area (Å²) in [7, 11) is 0. The monoisotopic (exact) mass is 167 g/mol. The van der Waals surface area contributed by atoms with Crippen molar-refractivity contribution in [2.75, 3.05) is 13.2 Å². The molecule has 0 amide bonds. The Kier molecular flexibility index (Phi) is 7.65. The maximum atomic E-state index is 8.42. The third-order valence-electron chi connectivity index (χ3n) is 0.990. The zero-order chi connectivity index (χ0) is 7.33. The van der Waals surface area contributed by atoms with Gasteiger partial charge in [-0.3, -0.25) is 0 Å². The second kappa shape index (κ2) is 5.96. The molecule has 0 aromatic rings. The lowest BCUT2D eigenvalue weighted by atomic mass is 10.1. The van der Waals surface area contributed by atoms with Crippen LogP contribution in [0.15, 0.2) is 0 Å². The fourth-order valence-electron chi connectivity index (χ4n) is 0.542. The molecular formula is C7H18ClNO. The largest absolute Gasteiger partial charge is 0.396 e. The van der Waals surface area contributed by atoms with Crippen molar-refractivity contribution in [3.63, 3.8) is 0 Å². The average Bonchev–Trinajstić information content (AvgIpc) is 1.63. The van der Waals surface area contributed by atoms with Crippen LogP contribution in [-0.2, 0) is 0 Å². The summed E-state index contributed by atoms with van der Waals surface area (Å²) >= 11 is 0. The third kappa shape index (κ3) is 11.1. The number of halogens is 1. The van der Waals surface area contributed by atoms with Gasteiger partial charge in [0.15, 0.2) is 0 Å². The summed E-state index contributed by atoms with van der Waals surface area (Å²) in [6.07, 6.45) is 0.845. The molecule has 0 aliphatic rings. The molecule has 0 unspecified atom stereocenters. The molecule has 0 aromatic carbocycles. The lowest BCUT2D eigenvalue weighted by Crippen LogP contribution is -2.36. The molecule has 0 saturated carbocycles. The number of rotatable bonds is 3. The number of nitrogens with one attached hydrogen (secondary N) is 1. The van der Waals surface area contributed by atoms with Gasteiger partial charge in [0, 0.05) is 12.1 Å². The Hall–Kier alpha value is 0.210. The Balaban J connectivity index is 0. The van der Waals surface area contributed by atoms with Gasteiger partial charge in [0.1, 0.15) is 0 Å². The normalized spacial score (nSPS) is 10.8. The molecule has 0 fully saturated rings. The lowest BCUT2D eigenvalue weighted by Gasteiger charge is -2.19. The Morgan fingerprint density at radius 1 is 1.30 bits per heavy atom. The highest BCUT2D eigenvalue weighted by molar-refractivity contribution is 5.85. The summed E-state index contributed by atoms with van der Waals surface area (Å²) in [6, 6.07) is 0. The van der Waals surface area contributed by atoms with Crippen LogP contribution in [0.2, 0.25) is 0 Å². The van der Waals surface area contributed by atoms with Gasteiger partial charge in [0.2, 0.25) is 0 Å². The lowest BCUT2D eigenvalue weighted by molar-refractivity contribution is 0.278. The number of aliphatic hydroxyl groups is 1. The molecule has 0 radical (unpaired) electrons. The van der Waals surface area contributed by atoms with Gasteiger partial charge in [0.25, 0.3) is 0 Å². The second-order valence-corrected chi connectivity index (χ2v) is 3.25. The maximum Gasteiger partial charge on any atom is 0.0443 e. The van der Waals surface area contributed by atoms with E-state index in [0.29, 0.717) is 0 Å². The molecule has 0 rings (SSSR count). The standard InChI is InChI=1S/C7H17NO.ClH/c1-7(2,3)8-5-4-6-9;/h8-9H,4-6H2,1-3H3;1H. The van der Waals surface area contributed by atoms with Crippen LogP contribution in [0.3, 0.4) is 0 Å². The predicted octanol–water partition coefficient (Wildman–Crippen LogP) is 1.18. The summed E-state index contributed by atoms with van der Waals surface area (Å²) in [5, 5.41) is 11.7. The molecule has 0 spiro atoms. The van der Waals surface area contributed by atoms with Crippen molar-refractivity contribution in [3.05, 3.63) is 0 Å². The van der Waals surface area contributed by atoms with Crippen LogP contribution in [-0.4, -0.2) is 23.8 Å². The Morgan fingerprint density at radius 2 is 1.80 bits per heavy atom. The first kappa shape index (κ1) is 12.8. The maximum absolute atomic E-state index is 8.42. The second-order valence-electron chi connectivity index (χ2n) is 3.25. The molecule has 0 aliphatic carbocycles. The first-order chi connectivity index (χ1) is 4.06. The van der Waals surface area contributed by atoms with Gasteiger partial charge in [-0.15, -0.1) is 12.4 Å². The van der Waals surface area contributed by atoms with E-state index in [1.807, 2.05) is 0 Å². The minimum absolute atomic E-state index is 0. The fraction of sp³-hybridized carbons (Fsp3) is 1.00. The molecule has 10 heavy (non-hydrogen) atoms. The Bertz CT molecular complexity index is 70.5. The molecule has 0 aliphatic heterocycles. The van der Waals surface area contributed by atoms with Crippen molar-refractivity contribution >= 4 is 12.4 Å². The number of aliphatic hydroxyl groups excluding tert-OH is 1. The molecule has 0 heterocycles. The average molecular weight is 168 g/mol. The topological polar surface area (TPSA) is 32.3 Å². The van der Waals surface area contributed by atoms with E-state index in [2.05, 4.69) is 26.1 Å². The van der Waals surface area contributed by atoms with Gasteiger partial charge in [0.05, 0.1) is 0 Å². The van der Waals surface area contributed by atoms with Crippen LogP contribution in [0.4, 0.5) is 0 Å². The smallest absolute Gasteiger partial charge is 0.0443 e. The summed E-state index contributed by atoms with van der Waals surface area (Å²) in [4.78, 5) is 0. The van der Waals surface area contributed by atoms with Crippen molar-refractivity contribution in [3.8, 4) is 0 Å². The zero-order valence-corrected chi connectivity index (χ0v) is 7.79. The van der Waals surface area contributed by atoms with Crippen molar-refractivity contribution in [1.82, 2.24) is 5.32 Å². The van der Waals surface area contributed by atoms with Crippen LogP contribution in [0.1, 0.15) is 27.2 Å². The molecule has 0 atom stereocenters. The highest BCUT2D eigenvalue weighted by Crippen LogP contribution is 1.97. The van der Waals surface area contributed by atoms with Gasteiger partial charge < -0.3 is 10.4 Å². The van der Waals surface area contributed by atoms with Crippen molar-refractivity contribution in [1.29, 1.82) is 0 Å². The summed E-state index contributed by atoms with van der Waals surface area (Å²) in [5.74, 6) is 0. The fourth-order valence-corrected chi connectivity index (χ4v) is 0.542. The number of hydrogen-bond acceptors (Lipinski definition) is 2. The Morgan fingerprint density at radius 3 is 2.10 bits per heavy atom. The summed E-state index contributed by atoms with van der Waals surface area (Å²) in [5.41, 5.74) is 0.190. The van der Waals surface area contributed by atoms with E-state index in [4.69, 9.17) is 5.11 Å². The van der Waals surface area contributed by atoms with Crippen LogP contribution in [0.25, 0.3) is 0 Å². The molecule has 0 aromatic heterocycles. The quantitative estimate of drug-likeness (QED) is 0.619. The SMILES string of the molecule is CC(C)(C)NCCCO.Cl. The van der Waals surface area contributed by atoms with E-state index in [1.54, 1.807) is 0 Å². The van der Waals surface area contributed by atoms with Gasteiger partial charge in [-0.1, -0.05) is 0 Å².